The van der Waals surface area contributed by atoms with E-state index in [1.807, 2.05) is 0 Å². The molecule has 0 radical (unpaired) electrons. The maximum atomic E-state index is 13.1. The molecule has 6 atom stereocenters. The van der Waals surface area contributed by atoms with Gasteiger partial charge in [0.15, 0.2) is 12.2 Å². The molecular formula is C82H160O17P2. The maximum absolute atomic E-state index is 13.1. The van der Waals surface area contributed by atoms with Gasteiger partial charge in [-0.3, -0.25) is 37.3 Å². The van der Waals surface area contributed by atoms with E-state index in [4.69, 9.17) is 37.0 Å². The Morgan fingerprint density at radius 3 is 0.703 bits per heavy atom. The lowest BCUT2D eigenvalue weighted by Crippen LogP contribution is -2.30. The number of carbonyl (C=O) groups excluding carboxylic acids is 4. The van der Waals surface area contributed by atoms with Gasteiger partial charge in [-0.1, -0.05) is 388 Å². The Bertz CT molecular complexity index is 1930. The number of hydrogen-bond acceptors (Lipinski definition) is 15. The maximum Gasteiger partial charge on any atom is 0.472 e. The van der Waals surface area contributed by atoms with Crippen molar-refractivity contribution in [3.63, 3.8) is 0 Å². The van der Waals surface area contributed by atoms with Gasteiger partial charge in [0.25, 0.3) is 0 Å². The molecule has 0 amide bonds. The summed E-state index contributed by atoms with van der Waals surface area (Å²) in [5.74, 6) is -1.24. The second-order valence-electron chi connectivity index (χ2n) is 29.8. The third-order valence-electron chi connectivity index (χ3n) is 19.6. The van der Waals surface area contributed by atoms with Crippen molar-refractivity contribution >= 4 is 39.5 Å². The van der Waals surface area contributed by atoms with E-state index in [9.17, 15) is 43.2 Å². The van der Waals surface area contributed by atoms with Crippen molar-refractivity contribution in [1.29, 1.82) is 0 Å². The summed E-state index contributed by atoms with van der Waals surface area (Å²) in [7, 11) is -9.91. The Balaban J connectivity index is 5.18. The standard InChI is InChI=1S/C82H160O17P2/c1-6-10-13-16-19-22-24-26-27-28-32-35-39-42-46-51-56-61-66-80(85)93-72-78(99-82(87)68-63-58-53-48-44-40-36-33-30-29-31-34-38-41-45-49-54-59-64-75(5)9-4)74-97-101(90,91)95-70-76(83)69-94-100(88,89)96-73-77(71-92-79(84)65-60-55-50-21-18-15-12-8-3)98-81(86)67-62-57-52-47-43-37-25-23-20-17-14-11-7-2/h75-78,83H,6-74H2,1-5H3,(H,88,89)(H,90,91)/t75?,76-,77+,78+/m0/s1. The van der Waals surface area contributed by atoms with Crippen molar-refractivity contribution in [3.8, 4) is 0 Å². The van der Waals surface area contributed by atoms with Crippen LogP contribution in [0, 0.1) is 5.92 Å². The molecule has 17 nitrogen and oxygen atoms in total. The third-order valence-corrected chi connectivity index (χ3v) is 21.5. The SMILES string of the molecule is CCCCCCCCCCCCCCCCCCCCC(=O)OC[C@H](COP(=O)(O)OC[C@@H](O)COP(=O)(O)OC[C@@H](COC(=O)CCCCCCCCCC)OC(=O)CCCCCCCCCCCCCCC)OC(=O)CCCCCCCCCCCCCCCCCCCCC(C)CC. The smallest absolute Gasteiger partial charge is 0.462 e. The molecule has 0 aromatic rings. The number of carbonyl (C=O) groups is 4. The first kappa shape index (κ1) is 99.1. The van der Waals surface area contributed by atoms with Crippen LogP contribution in [0.5, 0.6) is 0 Å². The van der Waals surface area contributed by atoms with Gasteiger partial charge in [0.2, 0.25) is 0 Å². The van der Waals surface area contributed by atoms with E-state index in [0.29, 0.717) is 25.7 Å². The van der Waals surface area contributed by atoms with Crippen LogP contribution in [0.1, 0.15) is 439 Å². The van der Waals surface area contributed by atoms with Gasteiger partial charge in [-0.05, 0) is 31.6 Å². The van der Waals surface area contributed by atoms with Crippen LogP contribution in [0.15, 0.2) is 0 Å². The number of hydrogen-bond donors (Lipinski definition) is 3. The minimum absolute atomic E-state index is 0.108. The molecule has 0 heterocycles. The topological polar surface area (TPSA) is 237 Å². The molecule has 101 heavy (non-hydrogen) atoms. The lowest BCUT2D eigenvalue weighted by Gasteiger charge is -2.21. The summed E-state index contributed by atoms with van der Waals surface area (Å²) in [6.07, 6.45) is 66.7. The van der Waals surface area contributed by atoms with E-state index in [2.05, 4.69) is 34.6 Å². The fraction of sp³-hybridized carbons (Fsp3) is 0.951. The van der Waals surface area contributed by atoms with Gasteiger partial charge in [-0.2, -0.15) is 0 Å². The van der Waals surface area contributed by atoms with Crippen molar-refractivity contribution in [3.05, 3.63) is 0 Å². The number of rotatable bonds is 82. The Morgan fingerprint density at radius 1 is 0.277 bits per heavy atom. The summed E-state index contributed by atoms with van der Waals surface area (Å²) < 4.78 is 68.7. The van der Waals surface area contributed by atoms with Crippen LogP contribution in [-0.4, -0.2) is 96.7 Å². The van der Waals surface area contributed by atoms with E-state index in [1.165, 1.54) is 257 Å². The van der Waals surface area contributed by atoms with Crippen LogP contribution >= 0.6 is 15.6 Å². The number of unbranched alkanes of at least 4 members (excludes halogenated alkanes) is 53. The van der Waals surface area contributed by atoms with Crippen molar-refractivity contribution in [2.75, 3.05) is 39.6 Å². The van der Waals surface area contributed by atoms with E-state index in [1.54, 1.807) is 0 Å². The Labute approximate surface area is 619 Å². The minimum Gasteiger partial charge on any atom is -0.462 e. The highest BCUT2D eigenvalue weighted by Crippen LogP contribution is 2.45. The van der Waals surface area contributed by atoms with E-state index in [-0.39, 0.29) is 25.7 Å². The van der Waals surface area contributed by atoms with Crippen LogP contribution in [0.25, 0.3) is 0 Å². The zero-order valence-corrected chi connectivity index (χ0v) is 67.8. The van der Waals surface area contributed by atoms with E-state index in [0.717, 1.165) is 102 Å². The van der Waals surface area contributed by atoms with Crippen LogP contribution < -0.4 is 0 Å². The van der Waals surface area contributed by atoms with Gasteiger partial charge in [0.05, 0.1) is 26.4 Å². The minimum atomic E-state index is -4.96. The molecule has 0 aromatic carbocycles. The van der Waals surface area contributed by atoms with Gasteiger partial charge in [0, 0.05) is 25.7 Å². The Kier molecular flexibility index (Phi) is 73.5. The molecule has 0 saturated carbocycles. The van der Waals surface area contributed by atoms with Crippen molar-refractivity contribution in [1.82, 2.24) is 0 Å². The molecule has 3 unspecified atom stereocenters. The molecular weight excluding hydrogens is 1320 g/mol. The van der Waals surface area contributed by atoms with Gasteiger partial charge in [0.1, 0.15) is 19.3 Å². The Morgan fingerprint density at radius 2 is 0.475 bits per heavy atom. The fourth-order valence-corrected chi connectivity index (χ4v) is 14.3. The van der Waals surface area contributed by atoms with Gasteiger partial charge in [-0.15, -0.1) is 0 Å². The van der Waals surface area contributed by atoms with Crippen molar-refractivity contribution in [2.24, 2.45) is 5.92 Å². The number of esters is 4. The average molecular weight is 1480 g/mol. The number of phosphoric acid groups is 2. The van der Waals surface area contributed by atoms with E-state index >= 15 is 0 Å². The summed E-state index contributed by atoms with van der Waals surface area (Å²) in [6.45, 7) is 7.38. The molecule has 19 heteroatoms. The highest BCUT2D eigenvalue weighted by molar-refractivity contribution is 7.47. The van der Waals surface area contributed by atoms with Gasteiger partial charge < -0.3 is 33.8 Å². The predicted octanol–water partition coefficient (Wildman–Crippen LogP) is 24.8. The molecule has 0 spiro atoms. The second-order valence-corrected chi connectivity index (χ2v) is 32.7. The summed E-state index contributed by atoms with van der Waals surface area (Å²) in [5, 5.41) is 10.6. The zero-order valence-electron chi connectivity index (χ0n) is 66.1. The number of phosphoric ester groups is 2. The summed E-state index contributed by atoms with van der Waals surface area (Å²) in [4.78, 5) is 72.9. The molecule has 600 valence electrons. The zero-order chi connectivity index (χ0) is 74.1. The lowest BCUT2D eigenvalue weighted by molar-refractivity contribution is -0.161. The monoisotopic (exact) mass is 1480 g/mol. The second kappa shape index (κ2) is 74.9. The molecule has 0 rings (SSSR count). The number of aliphatic hydroxyl groups is 1. The highest BCUT2D eigenvalue weighted by atomic mass is 31.2. The van der Waals surface area contributed by atoms with Crippen LogP contribution in [0.3, 0.4) is 0 Å². The molecule has 0 aliphatic heterocycles. The molecule has 0 aliphatic rings. The Hall–Kier alpha value is -1.94. The van der Waals surface area contributed by atoms with Crippen LogP contribution in [0.4, 0.5) is 0 Å². The predicted molar refractivity (Wildman–Crippen MR) is 414 cm³/mol. The van der Waals surface area contributed by atoms with Crippen LogP contribution in [-0.2, 0) is 65.4 Å². The van der Waals surface area contributed by atoms with Crippen molar-refractivity contribution in [2.45, 2.75) is 457 Å². The molecule has 3 N–H and O–H groups in total. The van der Waals surface area contributed by atoms with Crippen LogP contribution in [0.2, 0.25) is 0 Å². The third kappa shape index (κ3) is 74.7. The molecule has 0 aromatic heterocycles. The average Bonchev–Trinajstić information content (AvgIpc) is 0.943. The summed E-state index contributed by atoms with van der Waals surface area (Å²) in [5.41, 5.74) is 0. The molecule has 0 fully saturated rings. The van der Waals surface area contributed by atoms with Crippen molar-refractivity contribution < 1.29 is 80.2 Å². The van der Waals surface area contributed by atoms with Gasteiger partial charge >= 0.3 is 39.5 Å². The first-order chi connectivity index (χ1) is 49.1. The summed E-state index contributed by atoms with van der Waals surface area (Å²) in [6, 6.07) is 0. The molecule has 0 aliphatic carbocycles. The number of ether oxygens (including phenoxy) is 4. The van der Waals surface area contributed by atoms with E-state index < -0.39 is 97.5 Å². The fourth-order valence-electron chi connectivity index (χ4n) is 12.7. The molecule has 0 saturated heterocycles. The molecule has 0 bridgehead atoms. The largest absolute Gasteiger partial charge is 0.472 e. The first-order valence-electron chi connectivity index (χ1n) is 42.7. The summed E-state index contributed by atoms with van der Waals surface area (Å²) >= 11 is 0. The number of aliphatic hydroxyl groups excluding tert-OH is 1. The first-order valence-corrected chi connectivity index (χ1v) is 45.7. The lowest BCUT2D eigenvalue weighted by atomic mass is 9.99. The normalized spacial score (nSPS) is 14.1. The highest BCUT2D eigenvalue weighted by Gasteiger charge is 2.30. The van der Waals surface area contributed by atoms with Gasteiger partial charge in [-0.25, -0.2) is 9.13 Å². The quantitative estimate of drug-likeness (QED) is 0.0222.